The lowest BCUT2D eigenvalue weighted by Crippen LogP contribution is -2.35. The minimum atomic E-state index is -4.07. The van der Waals surface area contributed by atoms with Crippen LogP contribution in [0.1, 0.15) is 22.6 Å². The van der Waals surface area contributed by atoms with Crippen molar-refractivity contribution in [2.24, 2.45) is 0 Å². The normalized spacial score (nSPS) is 16.9. The molecule has 2 aromatic carbocycles. The molecular weight excluding hydrogens is 447 g/mol. The molecule has 0 bridgehead atoms. The zero-order chi connectivity index (χ0) is 22.9. The number of benzene rings is 2. The first-order valence-electron chi connectivity index (χ1n) is 10.5. The van der Waals surface area contributed by atoms with Gasteiger partial charge in [-0.1, -0.05) is 30.3 Å². The van der Waals surface area contributed by atoms with Crippen LogP contribution in [0.15, 0.2) is 52.7 Å². The molecule has 3 aromatic rings. The predicted molar refractivity (Wildman–Crippen MR) is 127 cm³/mol. The van der Waals surface area contributed by atoms with Crippen molar-refractivity contribution in [2.45, 2.75) is 37.8 Å². The van der Waals surface area contributed by atoms with Crippen LogP contribution in [-0.4, -0.2) is 44.5 Å². The van der Waals surface area contributed by atoms with Crippen molar-refractivity contribution >= 4 is 32.9 Å². The number of rotatable bonds is 7. The van der Waals surface area contributed by atoms with Gasteiger partial charge in [0.1, 0.15) is 10.7 Å². The Bertz CT molecular complexity index is 1200. The minimum absolute atomic E-state index is 0.204. The molecule has 1 atom stereocenters. The van der Waals surface area contributed by atoms with E-state index in [1.54, 1.807) is 12.3 Å². The largest absolute Gasteiger partial charge is 0.370 e. The molecule has 1 saturated heterocycles. The van der Waals surface area contributed by atoms with Gasteiger partial charge in [-0.25, -0.2) is 17.8 Å². The number of likely N-dealkylation sites (tertiary alicyclic amines) is 1. The Morgan fingerprint density at radius 3 is 2.69 bits per heavy atom. The lowest BCUT2D eigenvalue weighted by molar-refractivity contribution is 0.326. The lowest BCUT2D eigenvalue weighted by atomic mass is 10.1. The highest BCUT2D eigenvalue weighted by Crippen LogP contribution is 2.30. The molecule has 0 saturated carbocycles. The number of nitrogens with one attached hydrogen (secondary N) is 1. The molecule has 1 N–H and O–H groups in total. The molecule has 1 aromatic heterocycles. The number of anilines is 2. The molecule has 1 fully saturated rings. The second-order valence-corrected chi connectivity index (χ2v) is 10.9. The Morgan fingerprint density at radius 2 is 2.00 bits per heavy atom. The quantitative estimate of drug-likeness (QED) is 0.550. The number of aromatic nitrogens is 1. The molecule has 0 aliphatic carbocycles. The van der Waals surface area contributed by atoms with Gasteiger partial charge < -0.3 is 4.90 Å². The van der Waals surface area contributed by atoms with Gasteiger partial charge in [0.05, 0.1) is 5.01 Å². The molecule has 0 amide bonds. The smallest absolute Gasteiger partial charge is 0.266 e. The zero-order valence-electron chi connectivity index (χ0n) is 18.4. The first kappa shape index (κ1) is 22.7. The number of hydrogen-bond acceptors (Lipinski definition) is 6. The monoisotopic (exact) mass is 474 g/mol. The summed E-state index contributed by atoms with van der Waals surface area (Å²) in [5.41, 5.74) is 2.69. The van der Waals surface area contributed by atoms with Crippen molar-refractivity contribution in [3.8, 4) is 0 Å². The summed E-state index contributed by atoms with van der Waals surface area (Å²) in [5, 5.41) is 2.33. The first-order chi connectivity index (χ1) is 15.2. The first-order valence-corrected chi connectivity index (χ1v) is 12.8. The van der Waals surface area contributed by atoms with Crippen molar-refractivity contribution in [3.05, 3.63) is 69.8 Å². The van der Waals surface area contributed by atoms with Gasteiger partial charge in [-0.15, -0.1) is 11.3 Å². The Balaban J connectivity index is 1.49. The standard InChI is InChI=1S/C23H27FN4O2S2/c1-16-11-22(32(29,30)26-23-15-31-17(2)25-23)20(24)12-21(16)27(3)19-9-10-28(14-19)13-18-7-5-4-6-8-18/h4-8,11-12,15,19,26H,9-10,13-14H2,1-3H3/t19-/m0/s1. The molecule has 170 valence electrons. The van der Waals surface area contributed by atoms with Gasteiger partial charge in [0.25, 0.3) is 10.0 Å². The van der Waals surface area contributed by atoms with E-state index in [9.17, 15) is 12.8 Å². The fourth-order valence-corrected chi connectivity index (χ4v) is 5.90. The highest BCUT2D eigenvalue weighted by Gasteiger charge is 2.28. The third-order valence-corrected chi connectivity index (χ3v) is 7.97. The highest BCUT2D eigenvalue weighted by atomic mass is 32.2. The second-order valence-electron chi connectivity index (χ2n) is 8.20. The average molecular weight is 475 g/mol. The van der Waals surface area contributed by atoms with E-state index in [0.29, 0.717) is 11.3 Å². The summed E-state index contributed by atoms with van der Waals surface area (Å²) in [4.78, 5) is 8.19. The maximum atomic E-state index is 15.0. The Labute approximate surface area is 192 Å². The van der Waals surface area contributed by atoms with Gasteiger partial charge in [0.15, 0.2) is 5.82 Å². The van der Waals surface area contributed by atoms with Crippen LogP contribution in [0.5, 0.6) is 0 Å². The van der Waals surface area contributed by atoms with Crippen LogP contribution >= 0.6 is 11.3 Å². The number of likely N-dealkylation sites (N-methyl/N-ethyl adjacent to an activating group) is 1. The summed E-state index contributed by atoms with van der Waals surface area (Å²) in [6.07, 6.45) is 0.967. The van der Waals surface area contributed by atoms with Crippen LogP contribution < -0.4 is 9.62 Å². The van der Waals surface area contributed by atoms with Gasteiger partial charge in [-0.3, -0.25) is 9.62 Å². The highest BCUT2D eigenvalue weighted by molar-refractivity contribution is 7.92. The molecular formula is C23H27FN4O2S2. The third-order valence-electron chi connectivity index (χ3n) is 5.82. The van der Waals surface area contributed by atoms with E-state index < -0.39 is 15.8 Å². The van der Waals surface area contributed by atoms with Crippen LogP contribution in [0.4, 0.5) is 15.9 Å². The molecule has 0 radical (unpaired) electrons. The molecule has 1 aliphatic rings. The molecule has 0 spiro atoms. The van der Waals surface area contributed by atoms with Gasteiger partial charge in [-0.05, 0) is 43.5 Å². The number of sulfonamides is 1. The van der Waals surface area contributed by atoms with Crippen LogP contribution in [-0.2, 0) is 16.6 Å². The van der Waals surface area contributed by atoms with E-state index in [-0.39, 0.29) is 16.8 Å². The SMILES string of the molecule is Cc1nc(NS(=O)(=O)c2cc(C)c(N(C)[C@H]3CCN(Cc4ccccc4)C3)cc2F)cs1. The van der Waals surface area contributed by atoms with Crippen LogP contribution in [0.2, 0.25) is 0 Å². The van der Waals surface area contributed by atoms with E-state index in [0.717, 1.165) is 31.1 Å². The fraction of sp³-hybridized carbons (Fsp3) is 0.348. The molecule has 6 nitrogen and oxygen atoms in total. The van der Waals surface area contributed by atoms with E-state index in [1.165, 1.54) is 29.0 Å². The van der Waals surface area contributed by atoms with E-state index >= 15 is 0 Å². The maximum absolute atomic E-state index is 15.0. The predicted octanol–water partition coefficient (Wildman–Crippen LogP) is 4.41. The molecule has 2 heterocycles. The minimum Gasteiger partial charge on any atom is -0.370 e. The number of halogens is 1. The van der Waals surface area contributed by atoms with Crippen molar-refractivity contribution in [1.29, 1.82) is 0 Å². The molecule has 9 heteroatoms. The third kappa shape index (κ3) is 4.95. The average Bonchev–Trinajstić information content (AvgIpc) is 3.38. The number of nitrogens with zero attached hydrogens (tertiary/aromatic N) is 3. The molecule has 0 unspecified atom stereocenters. The number of hydrogen-bond donors (Lipinski definition) is 1. The number of thiazole rings is 1. The van der Waals surface area contributed by atoms with Crippen LogP contribution in [0.25, 0.3) is 0 Å². The van der Waals surface area contributed by atoms with E-state index in [2.05, 4.69) is 31.6 Å². The maximum Gasteiger partial charge on any atom is 0.266 e. The van der Waals surface area contributed by atoms with Crippen LogP contribution in [0.3, 0.4) is 0 Å². The summed E-state index contributed by atoms with van der Waals surface area (Å²) >= 11 is 1.33. The number of aryl methyl sites for hydroxylation is 2. The fourth-order valence-electron chi connectivity index (χ4n) is 4.14. The topological polar surface area (TPSA) is 65.5 Å². The summed E-state index contributed by atoms with van der Waals surface area (Å²) in [6.45, 7) is 6.32. The summed E-state index contributed by atoms with van der Waals surface area (Å²) in [7, 11) is -2.12. The van der Waals surface area contributed by atoms with Gasteiger partial charge >= 0.3 is 0 Å². The van der Waals surface area contributed by atoms with E-state index in [1.807, 2.05) is 32.2 Å². The van der Waals surface area contributed by atoms with Crippen molar-refractivity contribution in [3.63, 3.8) is 0 Å². The lowest BCUT2D eigenvalue weighted by Gasteiger charge is -2.29. The van der Waals surface area contributed by atoms with Crippen molar-refractivity contribution in [1.82, 2.24) is 9.88 Å². The Hall–Kier alpha value is -2.49. The molecule has 4 rings (SSSR count). The second kappa shape index (κ2) is 9.17. The summed E-state index contributed by atoms with van der Waals surface area (Å²) < 4.78 is 42.8. The zero-order valence-corrected chi connectivity index (χ0v) is 20.0. The summed E-state index contributed by atoms with van der Waals surface area (Å²) in [5.74, 6) is -0.564. The van der Waals surface area contributed by atoms with E-state index in [4.69, 9.17) is 0 Å². The van der Waals surface area contributed by atoms with Gasteiger partial charge in [0, 0.05) is 43.8 Å². The molecule has 1 aliphatic heterocycles. The Kier molecular flexibility index (Phi) is 6.50. The van der Waals surface area contributed by atoms with Gasteiger partial charge in [-0.2, -0.15) is 0 Å². The Morgan fingerprint density at radius 1 is 1.25 bits per heavy atom. The van der Waals surface area contributed by atoms with Crippen molar-refractivity contribution in [2.75, 3.05) is 29.8 Å². The van der Waals surface area contributed by atoms with Crippen molar-refractivity contribution < 1.29 is 12.8 Å². The van der Waals surface area contributed by atoms with Gasteiger partial charge in [0.2, 0.25) is 0 Å². The summed E-state index contributed by atoms with van der Waals surface area (Å²) in [6, 6.07) is 13.3. The molecule has 32 heavy (non-hydrogen) atoms. The van der Waals surface area contributed by atoms with Crippen LogP contribution in [0, 0.1) is 19.7 Å².